The van der Waals surface area contributed by atoms with Crippen molar-refractivity contribution >= 4 is 23.2 Å². The van der Waals surface area contributed by atoms with Gasteiger partial charge in [-0.1, -0.05) is 6.07 Å². The summed E-state index contributed by atoms with van der Waals surface area (Å²) < 4.78 is 20.5. The van der Waals surface area contributed by atoms with Crippen molar-refractivity contribution in [2.45, 2.75) is 45.4 Å². The molecule has 1 aliphatic carbocycles. The quantitative estimate of drug-likeness (QED) is 0.661. The zero-order chi connectivity index (χ0) is 18.1. The Morgan fingerprint density at radius 1 is 1.11 bits per heavy atom. The molecule has 1 heterocycles. The number of aromatic nitrogens is 1. The summed E-state index contributed by atoms with van der Waals surface area (Å²) in [7, 11) is 0. The van der Waals surface area contributed by atoms with E-state index in [1.807, 2.05) is 6.07 Å². The van der Waals surface area contributed by atoms with E-state index in [-0.39, 0.29) is 30.4 Å². The molecule has 0 bridgehead atoms. The lowest BCUT2D eigenvalue weighted by molar-refractivity contribution is 0.0716. The summed E-state index contributed by atoms with van der Waals surface area (Å²) in [5, 5.41) is 5.36. The van der Waals surface area contributed by atoms with E-state index < -0.39 is 0 Å². The number of pyridine rings is 1. The maximum absolute atomic E-state index is 14.3. The van der Waals surface area contributed by atoms with Gasteiger partial charge in [0, 0.05) is 35.9 Å². The van der Waals surface area contributed by atoms with Gasteiger partial charge in [0.1, 0.15) is 17.7 Å². The number of hydrogen-bond acceptors (Lipinski definition) is 3. The van der Waals surface area contributed by atoms with Gasteiger partial charge in [-0.15, -0.1) is 12.4 Å². The number of ether oxygens (including phenoxy) is 1. The molecule has 2 atom stereocenters. The normalized spacial score (nSPS) is 18.6. The average Bonchev–Trinajstić information content (AvgIpc) is 2.60. The molecule has 1 aliphatic rings. The molecule has 0 aliphatic heterocycles. The third kappa shape index (κ3) is 4.23. The van der Waals surface area contributed by atoms with Gasteiger partial charge in [-0.05, 0) is 73.5 Å². The molecule has 1 aromatic heterocycles. The van der Waals surface area contributed by atoms with Gasteiger partial charge in [-0.25, -0.2) is 4.39 Å². The van der Waals surface area contributed by atoms with Gasteiger partial charge in [0.2, 0.25) is 0 Å². The van der Waals surface area contributed by atoms with Crippen molar-refractivity contribution in [3.05, 3.63) is 71.3 Å². The van der Waals surface area contributed by atoms with E-state index in [4.69, 9.17) is 4.74 Å². The van der Waals surface area contributed by atoms with Crippen molar-refractivity contribution in [1.82, 2.24) is 10.3 Å². The van der Waals surface area contributed by atoms with Crippen LogP contribution < -0.4 is 10.1 Å². The van der Waals surface area contributed by atoms with Gasteiger partial charge < -0.3 is 10.1 Å². The van der Waals surface area contributed by atoms with Crippen LogP contribution in [0.1, 0.15) is 29.5 Å². The standard InChI is InChI=1S/C22H23FN2O.ClH/c1-14-9-15(2)11-17(10-14)26-22-6-5-21(22)25-13-19-18-7-8-24-12-16(18)3-4-20(19)23;/h3-4,7-12,21-22,25H,5-6,13H2,1-2H3;1H/t21-,22-;/m1./s1. The molecule has 3 nitrogen and oxygen atoms in total. The Bertz CT molecular complexity index is 926. The SMILES string of the molecule is Cc1cc(C)cc(O[C@@H]2CC[C@H]2NCc2c(F)ccc3cnccc23)c1.Cl. The first-order chi connectivity index (χ1) is 12.6. The van der Waals surface area contributed by atoms with Crippen molar-refractivity contribution in [3.8, 4) is 5.75 Å². The Kier molecular flexibility index (Phi) is 5.98. The van der Waals surface area contributed by atoms with Crippen LogP contribution in [0.4, 0.5) is 4.39 Å². The van der Waals surface area contributed by atoms with Crippen LogP contribution in [0.15, 0.2) is 48.8 Å². The number of hydrogen-bond donors (Lipinski definition) is 1. The topological polar surface area (TPSA) is 34.1 Å². The summed E-state index contributed by atoms with van der Waals surface area (Å²) in [6.07, 6.45) is 5.68. The smallest absolute Gasteiger partial charge is 0.128 e. The van der Waals surface area contributed by atoms with Crippen molar-refractivity contribution in [2.24, 2.45) is 0 Å². The van der Waals surface area contributed by atoms with Crippen LogP contribution in [0.5, 0.6) is 5.75 Å². The van der Waals surface area contributed by atoms with Gasteiger partial charge in [0.15, 0.2) is 0 Å². The van der Waals surface area contributed by atoms with Crippen LogP contribution in [-0.2, 0) is 6.54 Å². The molecule has 1 N–H and O–H groups in total. The van der Waals surface area contributed by atoms with E-state index in [9.17, 15) is 4.39 Å². The van der Waals surface area contributed by atoms with Gasteiger partial charge in [-0.2, -0.15) is 0 Å². The predicted molar refractivity (Wildman–Crippen MR) is 109 cm³/mol. The number of aryl methyl sites for hydroxylation is 2. The number of benzene rings is 2. The second-order valence-corrected chi connectivity index (χ2v) is 7.17. The summed E-state index contributed by atoms with van der Waals surface area (Å²) in [5.74, 6) is 0.740. The molecule has 1 fully saturated rings. The summed E-state index contributed by atoms with van der Waals surface area (Å²) in [5.41, 5.74) is 3.10. The fraction of sp³-hybridized carbons (Fsp3) is 0.318. The van der Waals surface area contributed by atoms with Crippen molar-refractivity contribution in [2.75, 3.05) is 0 Å². The van der Waals surface area contributed by atoms with E-state index in [1.165, 1.54) is 17.2 Å². The molecule has 27 heavy (non-hydrogen) atoms. The predicted octanol–water partition coefficient (Wildman–Crippen LogP) is 5.11. The van der Waals surface area contributed by atoms with Crippen molar-refractivity contribution < 1.29 is 9.13 Å². The van der Waals surface area contributed by atoms with Crippen LogP contribution in [0.2, 0.25) is 0 Å². The van der Waals surface area contributed by atoms with Crippen LogP contribution in [0.25, 0.3) is 10.8 Å². The molecule has 3 aromatic rings. The molecule has 4 rings (SSSR count). The lowest BCUT2D eigenvalue weighted by atomic mass is 9.88. The second-order valence-electron chi connectivity index (χ2n) is 7.17. The Balaban J connectivity index is 0.00000210. The van der Waals surface area contributed by atoms with E-state index in [1.54, 1.807) is 18.5 Å². The van der Waals surface area contributed by atoms with E-state index >= 15 is 0 Å². The minimum absolute atomic E-state index is 0. The molecule has 1 saturated carbocycles. The molecule has 142 valence electrons. The summed E-state index contributed by atoms with van der Waals surface area (Å²) in [6.45, 7) is 4.65. The largest absolute Gasteiger partial charge is 0.489 e. The Hall–Kier alpha value is -2.17. The lowest BCUT2D eigenvalue weighted by Gasteiger charge is -2.37. The fourth-order valence-corrected chi connectivity index (χ4v) is 3.64. The third-order valence-electron chi connectivity index (χ3n) is 5.11. The van der Waals surface area contributed by atoms with Crippen LogP contribution in [0, 0.1) is 19.7 Å². The van der Waals surface area contributed by atoms with Gasteiger partial charge in [-0.3, -0.25) is 4.98 Å². The van der Waals surface area contributed by atoms with Crippen molar-refractivity contribution in [1.29, 1.82) is 0 Å². The fourth-order valence-electron chi connectivity index (χ4n) is 3.64. The number of rotatable bonds is 5. The molecular formula is C22H24ClFN2O. The molecule has 0 radical (unpaired) electrons. The highest BCUT2D eigenvalue weighted by atomic mass is 35.5. The Labute approximate surface area is 165 Å². The first-order valence-electron chi connectivity index (χ1n) is 9.09. The Morgan fingerprint density at radius 2 is 1.89 bits per heavy atom. The van der Waals surface area contributed by atoms with Crippen LogP contribution in [0.3, 0.4) is 0 Å². The molecule has 5 heteroatoms. The zero-order valence-electron chi connectivity index (χ0n) is 15.5. The maximum Gasteiger partial charge on any atom is 0.128 e. The molecule has 0 saturated heterocycles. The highest BCUT2D eigenvalue weighted by Gasteiger charge is 2.32. The van der Waals surface area contributed by atoms with E-state index in [0.717, 1.165) is 29.4 Å². The summed E-state index contributed by atoms with van der Waals surface area (Å²) in [4.78, 5) is 4.12. The average molecular weight is 387 g/mol. The number of nitrogens with zero attached hydrogens (tertiary/aromatic N) is 1. The highest BCUT2D eigenvalue weighted by molar-refractivity contribution is 5.85. The molecule has 0 spiro atoms. The zero-order valence-corrected chi connectivity index (χ0v) is 16.4. The van der Waals surface area contributed by atoms with Gasteiger partial charge >= 0.3 is 0 Å². The molecule has 2 aromatic carbocycles. The highest BCUT2D eigenvalue weighted by Crippen LogP contribution is 2.28. The first-order valence-corrected chi connectivity index (χ1v) is 9.09. The number of fused-ring (bicyclic) bond motifs is 1. The minimum atomic E-state index is -0.178. The molecule has 0 amide bonds. The number of nitrogens with one attached hydrogen (secondary N) is 1. The van der Waals surface area contributed by atoms with Crippen LogP contribution >= 0.6 is 12.4 Å². The third-order valence-corrected chi connectivity index (χ3v) is 5.11. The Morgan fingerprint density at radius 3 is 2.59 bits per heavy atom. The van der Waals surface area contributed by atoms with E-state index in [0.29, 0.717) is 12.1 Å². The summed E-state index contributed by atoms with van der Waals surface area (Å²) >= 11 is 0. The summed E-state index contributed by atoms with van der Waals surface area (Å²) in [6, 6.07) is 11.7. The van der Waals surface area contributed by atoms with Gasteiger partial charge in [0.25, 0.3) is 0 Å². The van der Waals surface area contributed by atoms with Crippen LogP contribution in [-0.4, -0.2) is 17.1 Å². The first kappa shape index (κ1) is 19.6. The molecule has 0 unspecified atom stereocenters. The van der Waals surface area contributed by atoms with Gasteiger partial charge in [0.05, 0.1) is 0 Å². The monoisotopic (exact) mass is 386 g/mol. The van der Waals surface area contributed by atoms with Crippen molar-refractivity contribution in [3.63, 3.8) is 0 Å². The second kappa shape index (κ2) is 8.24. The number of halogens is 2. The van der Waals surface area contributed by atoms with E-state index in [2.05, 4.69) is 42.3 Å². The maximum atomic E-state index is 14.3. The molecular weight excluding hydrogens is 363 g/mol. The lowest BCUT2D eigenvalue weighted by Crippen LogP contribution is -2.50. The minimum Gasteiger partial charge on any atom is -0.489 e.